The topological polar surface area (TPSA) is 54.4 Å². The van der Waals surface area contributed by atoms with Gasteiger partial charge in [0.2, 0.25) is 0 Å². The fourth-order valence-corrected chi connectivity index (χ4v) is 6.53. The Morgan fingerprint density at radius 3 is 1.80 bits per heavy atom. The minimum absolute atomic E-state index is 0.224. The molecule has 3 aromatic carbocycles. The van der Waals surface area contributed by atoms with E-state index in [1.54, 1.807) is 12.1 Å². The molecule has 4 aromatic rings. The van der Waals surface area contributed by atoms with Gasteiger partial charge in [0.1, 0.15) is 0 Å². The molecule has 0 aliphatic carbocycles. The van der Waals surface area contributed by atoms with Gasteiger partial charge < -0.3 is 5.11 Å². The molecule has 0 saturated heterocycles. The van der Waals surface area contributed by atoms with Crippen LogP contribution >= 0.6 is 10.5 Å². The van der Waals surface area contributed by atoms with Crippen LogP contribution in [0.4, 0.5) is 0 Å². The molecule has 4 rings (SSSR count). The van der Waals surface area contributed by atoms with Crippen molar-refractivity contribution >= 4 is 40.5 Å². The number of thiophene rings is 1. The molecule has 0 aliphatic rings. The third-order valence-electron chi connectivity index (χ3n) is 4.28. The second-order valence-electron chi connectivity index (χ2n) is 5.81. The third kappa shape index (κ3) is 2.74. The van der Waals surface area contributed by atoms with Crippen molar-refractivity contribution in [1.82, 2.24) is 0 Å². The van der Waals surface area contributed by atoms with E-state index in [-0.39, 0.29) is 27.7 Å². The van der Waals surface area contributed by atoms with Gasteiger partial charge in [0, 0.05) is 21.2 Å². The van der Waals surface area contributed by atoms with Crippen LogP contribution in [0.2, 0.25) is 0 Å². The average Bonchev–Trinajstić information content (AvgIpc) is 2.96. The van der Waals surface area contributed by atoms with E-state index in [2.05, 4.69) is 24.3 Å². The molecule has 5 heteroatoms. The first-order valence-electron chi connectivity index (χ1n) is 7.98. The minimum Gasteiger partial charge on any atom is -0.395 e. The van der Waals surface area contributed by atoms with E-state index in [9.17, 15) is 8.42 Å². The number of fused-ring (bicyclic) bond motifs is 3. The summed E-state index contributed by atoms with van der Waals surface area (Å²) < 4.78 is 26.8. The van der Waals surface area contributed by atoms with Crippen molar-refractivity contribution < 1.29 is 13.5 Å². The molecule has 1 N–H and O–H groups in total. The lowest BCUT2D eigenvalue weighted by atomic mass is 10.2. The third-order valence-corrected chi connectivity index (χ3v) is 8.33. The van der Waals surface area contributed by atoms with Gasteiger partial charge in [-0.3, -0.25) is 0 Å². The number of hydrogen-bond acceptors (Lipinski definition) is 3. The predicted molar refractivity (Wildman–Crippen MR) is 104 cm³/mol. The molecule has 1 aromatic heterocycles. The van der Waals surface area contributed by atoms with Crippen molar-refractivity contribution in [3.63, 3.8) is 0 Å². The minimum atomic E-state index is -3.42. The number of benzene rings is 3. The van der Waals surface area contributed by atoms with Gasteiger partial charge in [-0.2, -0.15) is 0 Å². The zero-order chi connectivity index (χ0) is 17.4. The van der Waals surface area contributed by atoms with Gasteiger partial charge in [-0.05, 0) is 48.5 Å². The fraction of sp³-hybridized carbons (Fsp3) is 0.100. The summed E-state index contributed by atoms with van der Waals surface area (Å²) in [4.78, 5) is 1.36. The van der Waals surface area contributed by atoms with Crippen molar-refractivity contribution in [2.45, 2.75) is 4.90 Å². The number of aliphatic hydroxyl groups excluding tert-OH is 1. The second-order valence-corrected chi connectivity index (χ2v) is 9.88. The van der Waals surface area contributed by atoms with Crippen LogP contribution in [0.3, 0.4) is 0 Å². The Kier molecular flexibility index (Phi) is 4.07. The molecule has 0 aliphatic heterocycles. The zero-order valence-electron chi connectivity index (χ0n) is 13.4. The van der Waals surface area contributed by atoms with Crippen LogP contribution in [0.15, 0.2) is 77.7 Å². The lowest BCUT2D eigenvalue weighted by Gasteiger charge is -2.02. The van der Waals surface area contributed by atoms with Crippen molar-refractivity contribution in [2.75, 3.05) is 12.4 Å². The van der Waals surface area contributed by atoms with Crippen LogP contribution in [-0.4, -0.2) is 25.9 Å². The van der Waals surface area contributed by atoms with E-state index in [4.69, 9.17) is 5.11 Å². The van der Waals surface area contributed by atoms with Crippen LogP contribution < -0.4 is 0 Å². The van der Waals surface area contributed by atoms with E-state index in [0.717, 1.165) is 4.90 Å². The maximum Gasteiger partial charge on any atom is 0.187 e. The summed E-state index contributed by atoms with van der Waals surface area (Å²) in [5.41, 5.74) is 0. The summed E-state index contributed by atoms with van der Waals surface area (Å²) >= 11 is 0. The van der Waals surface area contributed by atoms with Crippen molar-refractivity contribution in [2.24, 2.45) is 0 Å². The summed E-state index contributed by atoms with van der Waals surface area (Å²) in [6, 6.07) is 23.9. The van der Waals surface area contributed by atoms with Crippen LogP contribution in [0.25, 0.3) is 25.1 Å². The van der Waals surface area contributed by atoms with Crippen LogP contribution in [0.1, 0.15) is 0 Å². The summed E-state index contributed by atoms with van der Waals surface area (Å²) in [6.45, 7) is -0.366. The molecule has 0 fully saturated rings. The van der Waals surface area contributed by atoms with Crippen molar-refractivity contribution in [1.29, 1.82) is 0 Å². The molecule has 0 spiro atoms. The highest BCUT2D eigenvalue weighted by Gasteiger charge is 2.23. The smallest absolute Gasteiger partial charge is 0.187 e. The monoisotopic (exact) mass is 369 g/mol. The van der Waals surface area contributed by atoms with Crippen LogP contribution in [-0.2, 0) is 9.84 Å². The van der Waals surface area contributed by atoms with Gasteiger partial charge in [0.05, 0.1) is 17.3 Å². The summed E-state index contributed by atoms with van der Waals surface area (Å²) in [6.07, 6.45) is 0. The predicted octanol–water partition coefficient (Wildman–Crippen LogP) is 4.50. The van der Waals surface area contributed by atoms with E-state index >= 15 is 0 Å². The van der Waals surface area contributed by atoms with E-state index < -0.39 is 9.84 Å². The van der Waals surface area contributed by atoms with Crippen molar-refractivity contribution in [3.05, 3.63) is 72.8 Å². The number of sulfone groups is 1. The molecule has 3 nitrogen and oxygen atoms in total. The molecule has 0 atom stereocenters. The highest BCUT2D eigenvalue weighted by atomic mass is 32.2. The van der Waals surface area contributed by atoms with Crippen molar-refractivity contribution in [3.8, 4) is 4.90 Å². The molecule has 0 unspecified atom stereocenters. The zero-order valence-corrected chi connectivity index (χ0v) is 15.1. The molecule has 0 amide bonds. The Morgan fingerprint density at radius 2 is 1.28 bits per heavy atom. The van der Waals surface area contributed by atoms with Gasteiger partial charge >= 0.3 is 0 Å². The summed E-state index contributed by atoms with van der Waals surface area (Å²) in [7, 11) is -3.64. The molecule has 25 heavy (non-hydrogen) atoms. The molecule has 0 saturated carbocycles. The standard InChI is InChI=1S/C20H17O3S2/c21-13-14-25(22,23)16-11-9-15(10-12-16)24-19-7-3-1-5-17(19)18-6-2-4-8-20(18)24/h1-12,21H,13-14H2/q+1. The van der Waals surface area contributed by atoms with Gasteiger partial charge in [0.25, 0.3) is 0 Å². The molecular formula is C20H17O3S2+. The number of hydrogen-bond donors (Lipinski definition) is 1. The fourth-order valence-electron chi connectivity index (χ4n) is 3.13. The molecule has 1 heterocycles. The lowest BCUT2D eigenvalue weighted by molar-refractivity contribution is 0.319. The Morgan fingerprint density at radius 1 is 0.760 bits per heavy atom. The van der Waals surface area contributed by atoms with E-state index in [1.165, 1.54) is 20.2 Å². The summed E-state index contributed by atoms with van der Waals surface area (Å²) in [5, 5.41) is 11.4. The normalized spacial score (nSPS) is 12.0. The molecule has 126 valence electrons. The first-order valence-corrected chi connectivity index (χ1v) is 10.9. The van der Waals surface area contributed by atoms with Crippen LogP contribution in [0, 0.1) is 0 Å². The van der Waals surface area contributed by atoms with E-state index in [1.807, 2.05) is 36.4 Å². The average molecular weight is 369 g/mol. The van der Waals surface area contributed by atoms with Gasteiger partial charge in [-0.15, -0.1) is 0 Å². The Bertz CT molecular complexity index is 1100. The second kappa shape index (κ2) is 6.26. The largest absolute Gasteiger partial charge is 0.395 e. The SMILES string of the molecule is O=S(=O)(CCO)c1ccc(-[s+]2c3ccccc3c3ccccc32)cc1. The van der Waals surface area contributed by atoms with Gasteiger partial charge in [0.15, 0.2) is 24.1 Å². The number of aliphatic hydroxyl groups is 1. The lowest BCUT2D eigenvalue weighted by Crippen LogP contribution is -2.09. The maximum absolute atomic E-state index is 12.1. The molecular weight excluding hydrogens is 352 g/mol. The highest BCUT2D eigenvalue weighted by molar-refractivity contribution is 7.91. The Hall–Kier alpha value is -2.21. The summed E-state index contributed by atoms with van der Waals surface area (Å²) in [5.74, 6) is -0.246. The highest BCUT2D eigenvalue weighted by Crippen LogP contribution is 2.48. The molecule has 0 bridgehead atoms. The molecule has 0 radical (unpaired) electrons. The first-order chi connectivity index (χ1) is 12.1. The van der Waals surface area contributed by atoms with E-state index in [0.29, 0.717) is 0 Å². The Balaban J connectivity index is 1.93. The first kappa shape index (κ1) is 16.3. The number of rotatable bonds is 4. The quantitative estimate of drug-likeness (QED) is 0.539. The Labute approximate surface area is 149 Å². The van der Waals surface area contributed by atoms with Crippen LogP contribution in [0.5, 0.6) is 0 Å². The van der Waals surface area contributed by atoms with Gasteiger partial charge in [-0.1, -0.05) is 24.3 Å². The van der Waals surface area contributed by atoms with Gasteiger partial charge in [-0.25, -0.2) is 8.42 Å². The maximum atomic E-state index is 12.1.